The molecule has 0 aliphatic carbocycles. The lowest BCUT2D eigenvalue weighted by Crippen LogP contribution is -1.98. The molecular weight excluding hydrogens is 208 g/mol. The second kappa shape index (κ2) is 6.73. The van der Waals surface area contributed by atoms with Gasteiger partial charge in [-0.05, 0) is 43.4 Å². The Morgan fingerprint density at radius 1 is 1.27 bits per heavy atom. The zero-order valence-electron chi connectivity index (χ0n) is 9.55. The van der Waals surface area contributed by atoms with Crippen molar-refractivity contribution < 1.29 is 4.74 Å². The lowest BCUT2D eigenvalue weighted by atomic mass is 10.0. The van der Waals surface area contributed by atoms with Gasteiger partial charge in [-0.3, -0.25) is 0 Å². The van der Waals surface area contributed by atoms with Gasteiger partial charge in [0, 0.05) is 5.88 Å². The van der Waals surface area contributed by atoms with Gasteiger partial charge in [-0.1, -0.05) is 19.1 Å². The Hall–Kier alpha value is -0.690. The fourth-order valence-corrected chi connectivity index (χ4v) is 1.74. The van der Waals surface area contributed by atoms with Crippen LogP contribution in [0.4, 0.5) is 0 Å². The lowest BCUT2D eigenvalue weighted by Gasteiger charge is -2.11. The summed E-state index contributed by atoms with van der Waals surface area (Å²) in [4.78, 5) is 0. The molecular formula is C13H19ClO. The highest BCUT2D eigenvalue weighted by Gasteiger charge is 2.04. The van der Waals surface area contributed by atoms with Gasteiger partial charge in [0.05, 0.1) is 6.61 Å². The van der Waals surface area contributed by atoms with Crippen LogP contribution in [0.1, 0.15) is 31.4 Å². The van der Waals surface area contributed by atoms with Crippen LogP contribution in [0.15, 0.2) is 18.2 Å². The summed E-state index contributed by atoms with van der Waals surface area (Å²) in [7, 11) is 0. The number of rotatable bonds is 6. The minimum Gasteiger partial charge on any atom is -0.494 e. The molecule has 2 heteroatoms. The van der Waals surface area contributed by atoms with Crippen LogP contribution in [0.25, 0.3) is 0 Å². The van der Waals surface area contributed by atoms with Gasteiger partial charge in [-0.2, -0.15) is 0 Å². The summed E-state index contributed by atoms with van der Waals surface area (Å²) in [6.45, 7) is 4.90. The topological polar surface area (TPSA) is 9.23 Å². The van der Waals surface area contributed by atoms with Crippen molar-refractivity contribution in [2.24, 2.45) is 0 Å². The fourth-order valence-electron chi connectivity index (χ4n) is 1.60. The van der Waals surface area contributed by atoms with E-state index in [1.165, 1.54) is 11.1 Å². The third-order valence-electron chi connectivity index (χ3n) is 2.41. The molecule has 0 amide bonds. The van der Waals surface area contributed by atoms with Crippen molar-refractivity contribution in [1.82, 2.24) is 0 Å². The van der Waals surface area contributed by atoms with E-state index in [2.05, 4.69) is 25.1 Å². The molecule has 1 rings (SSSR count). The van der Waals surface area contributed by atoms with Crippen molar-refractivity contribution in [2.75, 3.05) is 12.5 Å². The van der Waals surface area contributed by atoms with Crippen LogP contribution in [0.3, 0.4) is 0 Å². The fraction of sp³-hybridized carbons (Fsp3) is 0.538. The predicted molar refractivity (Wildman–Crippen MR) is 66.0 cm³/mol. The van der Waals surface area contributed by atoms with Crippen molar-refractivity contribution in [3.8, 4) is 5.75 Å². The maximum atomic E-state index is 5.71. The van der Waals surface area contributed by atoms with Crippen LogP contribution in [-0.2, 0) is 12.8 Å². The Morgan fingerprint density at radius 2 is 2.07 bits per heavy atom. The Labute approximate surface area is 97.4 Å². The van der Waals surface area contributed by atoms with Crippen molar-refractivity contribution in [3.63, 3.8) is 0 Å². The van der Waals surface area contributed by atoms with Gasteiger partial charge in [-0.15, -0.1) is 11.6 Å². The predicted octanol–water partition coefficient (Wildman–Crippen LogP) is 3.82. The summed E-state index contributed by atoms with van der Waals surface area (Å²) in [6, 6.07) is 6.44. The Bertz CT molecular complexity index is 297. The van der Waals surface area contributed by atoms with Crippen LogP contribution < -0.4 is 4.74 Å². The van der Waals surface area contributed by atoms with E-state index in [0.29, 0.717) is 5.88 Å². The van der Waals surface area contributed by atoms with E-state index in [4.69, 9.17) is 16.3 Å². The molecule has 0 spiro atoms. The standard InChI is InChI=1S/C13H19ClO/c1-3-11-7-8-13(15-4-2)12(10-11)6-5-9-14/h7-8,10H,3-6,9H2,1-2H3. The number of benzene rings is 1. The molecule has 0 aromatic heterocycles. The van der Waals surface area contributed by atoms with Gasteiger partial charge in [0.1, 0.15) is 5.75 Å². The summed E-state index contributed by atoms with van der Waals surface area (Å²) in [5, 5.41) is 0. The molecule has 0 N–H and O–H groups in total. The van der Waals surface area contributed by atoms with E-state index in [9.17, 15) is 0 Å². The van der Waals surface area contributed by atoms with Crippen LogP contribution in [0, 0.1) is 0 Å². The molecule has 0 atom stereocenters. The number of ether oxygens (including phenoxy) is 1. The average molecular weight is 227 g/mol. The summed E-state index contributed by atoms with van der Waals surface area (Å²) < 4.78 is 5.59. The van der Waals surface area contributed by atoms with Crippen molar-refractivity contribution in [3.05, 3.63) is 29.3 Å². The maximum absolute atomic E-state index is 5.71. The van der Waals surface area contributed by atoms with E-state index in [1.54, 1.807) is 0 Å². The molecule has 1 nitrogen and oxygen atoms in total. The van der Waals surface area contributed by atoms with E-state index in [1.807, 2.05) is 6.92 Å². The van der Waals surface area contributed by atoms with Crippen molar-refractivity contribution >= 4 is 11.6 Å². The van der Waals surface area contributed by atoms with E-state index in [-0.39, 0.29) is 0 Å². The molecule has 1 aromatic carbocycles. The molecule has 0 saturated heterocycles. The molecule has 0 heterocycles. The highest BCUT2D eigenvalue weighted by Crippen LogP contribution is 2.22. The second-order valence-corrected chi connectivity index (χ2v) is 3.90. The quantitative estimate of drug-likeness (QED) is 0.671. The monoisotopic (exact) mass is 226 g/mol. The van der Waals surface area contributed by atoms with Gasteiger partial charge in [0.2, 0.25) is 0 Å². The van der Waals surface area contributed by atoms with E-state index in [0.717, 1.165) is 31.6 Å². The SMILES string of the molecule is CCOc1ccc(CC)cc1CCCCl. The summed E-state index contributed by atoms with van der Waals surface area (Å²) >= 11 is 5.71. The Kier molecular flexibility index (Phi) is 5.56. The smallest absolute Gasteiger partial charge is 0.122 e. The van der Waals surface area contributed by atoms with Gasteiger partial charge >= 0.3 is 0 Å². The molecule has 0 aliphatic heterocycles. The summed E-state index contributed by atoms with van der Waals surface area (Å²) in [5.74, 6) is 1.72. The zero-order chi connectivity index (χ0) is 11.1. The molecule has 1 aromatic rings. The molecule has 0 saturated carbocycles. The Balaban J connectivity index is 2.83. The first-order valence-corrected chi connectivity index (χ1v) is 6.15. The van der Waals surface area contributed by atoms with Gasteiger partial charge < -0.3 is 4.74 Å². The Morgan fingerprint density at radius 3 is 2.67 bits per heavy atom. The molecule has 84 valence electrons. The van der Waals surface area contributed by atoms with Gasteiger partial charge in [0.15, 0.2) is 0 Å². The number of halogens is 1. The van der Waals surface area contributed by atoms with Gasteiger partial charge in [0.25, 0.3) is 0 Å². The number of hydrogen-bond acceptors (Lipinski definition) is 1. The maximum Gasteiger partial charge on any atom is 0.122 e. The van der Waals surface area contributed by atoms with Crippen LogP contribution >= 0.6 is 11.6 Å². The highest BCUT2D eigenvalue weighted by atomic mass is 35.5. The average Bonchev–Trinajstić information content (AvgIpc) is 2.28. The second-order valence-electron chi connectivity index (χ2n) is 3.52. The first kappa shape index (κ1) is 12.4. The van der Waals surface area contributed by atoms with Crippen molar-refractivity contribution in [1.29, 1.82) is 0 Å². The summed E-state index contributed by atoms with van der Waals surface area (Å²) in [6.07, 6.45) is 3.09. The normalized spacial score (nSPS) is 10.3. The van der Waals surface area contributed by atoms with Gasteiger partial charge in [-0.25, -0.2) is 0 Å². The third-order valence-corrected chi connectivity index (χ3v) is 2.68. The van der Waals surface area contributed by atoms with Crippen LogP contribution in [0.2, 0.25) is 0 Å². The first-order valence-electron chi connectivity index (χ1n) is 5.62. The van der Waals surface area contributed by atoms with E-state index >= 15 is 0 Å². The number of aryl methyl sites for hydroxylation is 2. The largest absolute Gasteiger partial charge is 0.494 e. The number of alkyl halides is 1. The van der Waals surface area contributed by atoms with Crippen LogP contribution in [-0.4, -0.2) is 12.5 Å². The zero-order valence-corrected chi connectivity index (χ0v) is 10.3. The minimum absolute atomic E-state index is 0.710. The first-order chi connectivity index (χ1) is 7.31. The van der Waals surface area contributed by atoms with Crippen molar-refractivity contribution in [2.45, 2.75) is 33.1 Å². The minimum atomic E-state index is 0.710. The molecule has 0 aliphatic rings. The molecule has 0 radical (unpaired) electrons. The highest BCUT2D eigenvalue weighted by molar-refractivity contribution is 6.17. The molecule has 0 bridgehead atoms. The molecule has 0 fully saturated rings. The molecule has 0 unspecified atom stereocenters. The summed E-state index contributed by atoms with van der Waals surface area (Å²) in [5.41, 5.74) is 2.65. The van der Waals surface area contributed by atoms with E-state index < -0.39 is 0 Å². The number of hydrogen-bond donors (Lipinski definition) is 0. The lowest BCUT2D eigenvalue weighted by molar-refractivity contribution is 0.336. The van der Waals surface area contributed by atoms with Crippen LogP contribution in [0.5, 0.6) is 5.75 Å². The molecule has 15 heavy (non-hydrogen) atoms. The third kappa shape index (κ3) is 3.75.